The fourth-order valence-corrected chi connectivity index (χ4v) is 4.84. The van der Waals surface area contributed by atoms with Gasteiger partial charge in [-0.2, -0.15) is 0 Å². The number of phenolic OH excluding ortho intramolecular Hbond substituents is 1. The molecule has 1 N–H and O–H groups in total. The van der Waals surface area contributed by atoms with Crippen LogP contribution in [0.3, 0.4) is 0 Å². The number of fused-ring (bicyclic) bond motifs is 3. The Hall–Kier alpha value is -2.03. The Morgan fingerprint density at radius 1 is 1.22 bits per heavy atom. The predicted molar refractivity (Wildman–Crippen MR) is 80.4 cm³/mol. The first-order chi connectivity index (χ1) is 11.2. The zero-order valence-electron chi connectivity index (χ0n) is 12.6. The third kappa shape index (κ3) is 1.53. The first-order valence-corrected chi connectivity index (χ1v) is 8.03. The molecule has 2 aliphatic heterocycles. The minimum Gasteiger partial charge on any atom is -0.508 e. The molecule has 3 atom stereocenters. The van der Waals surface area contributed by atoms with Gasteiger partial charge in [0, 0.05) is 30.4 Å². The number of ether oxygens (including phenoxy) is 3. The summed E-state index contributed by atoms with van der Waals surface area (Å²) in [6.07, 6.45) is 3.75. The van der Waals surface area contributed by atoms with Gasteiger partial charge in [0.1, 0.15) is 17.8 Å². The van der Waals surface area contributed by atoms with Gasteiger partial charge in [-0.1, -0.05) is 6.07 Å². The van der Waals surface area contributed by atoms with E-state index in [1.54, 1.807) is 18.4 Å². The van der Waals surface area contributed by atoms with Crippen molar-refractivity contribution in [2.75, 3.05) is 13.2 Å². The van der Waals surface area contributed by atoms with Crippen molar-refractivity contribution in [1.29, 1.82) is 0 Å². The maximum Gasteiger partial charge on any atom is 0.268 e. The van der Waals surface area contributed by atoms with Crippen molar-refractivity contribution in [1.82, 2.24) is 0 Å². The summed E-state index contributed by atoms with van der Waals surface area (Å²) in [4.78, 5) is 4.09. The van der Waals surface area contributed by atoms with E-state index in [9.17, 15) is 5.11 Å². The van der Waals surface area contributed by atoms with Crippen LogP contribution in [0, 0.1) is 12.5 Å². The topological polar surface area (TPSA) is 52.3 Å². The van der Waals surface area contributed by atoms with Gasteiger partial charge in [0.25, 0.3) is 5.54 Å². The van der Waals surface area contributed by atoms with Gasteiger partial charge in [0.2, 0.25) is 0 Å². The average molecular weight is 311 g/mol. The summed E-state index contributed by atoms with van der Waals surface area (Å²) in [6.45, 7) is 9.12. The largest absolute Gasteiger partial charge is 0.508 e. The monoisotopic (exact) mass is 311 g/mol. The second-order valence-electron chi connectivity index (χ2n) is 6.76. The highest BCUT2D eigenvalue weighted by Crippen LogP contribution is 2.60. The minimum absolute atomic E-state index is 0.0545. The van der Waals surface area contributed by atoms with Crippen molar-refractivity contribution >= 4 is 0 Å². The Morgan fingerprint density at radius 2 is 2.04 bits per heavy atom. The van der Waals surface area contributed by atoms with Crippen molar-refractivity contribution in [2.45, 2.75) is 36.7 Å². The SMILES string of the molecule is [C-]#[N+]C12CCC3(OCCO3)C3=COC(Cc4ccc(O)cc41)C32. The third-order valence-corrected chi connectivity index (χ3v) is 5.80. The maximum absolute atomic E-state index is 9.94. The Labute approximate surface area is 134 Å². The van der Waals surface area contributed by atoms with Crippen LogP contribution in [-0.4, -0.2) is 30.2 Å². The zero-order chi connectivity index (χ0) is 15.7. The summed E-state index contributed by atoms with van der Waals surface area (Å²) in [5, 5.41) is 9.94. The normalized spacial score (nSPS) is 35.9. The van der Waals surface area contributed by atoms with Crippen LogP contribution in [0.4, 0.5) is 0 Å². The van der Waals surface area contributed by atoms with E-state index in [1.165, 1.54) is 0 Å². The van der Waals surface area contributed by atoms with Gasteiger partial charge in [-0.3, -0.25) is 0 Å². The quantitative estimate of drug-likeness (QED) is 0.748. The van der Waals surface area contributed by atoms with Crippen molar-refractivity contribution in [2.24, 2.45) is 5.92 Å². The fraction of sp³-hybridized carbons (Fsp3) is 0.500. The Bertz CT molecular complexity index is 759. The van der Waals surface area contributed by atoms with Crippen LogP contribution >= 0.6 is 0 Å². The molecule has 5 nitrogen and oxygen atoms in total. The Kier molecular flexibility index (Phi) is 2.50. The van der Waals surface area contributed by atoms with Crippen LogP contribution in [0.5, 0.6) is 5.75 Å². The third-order valence-electron chi connectivity index (χ3n) is 5.80. The molecule has 0 bridgehead atoms. The maximum atomic E-state index is 9.94. The summed E-state index contributed by atoms with van der Waals surface area (Å²) in [5.74, 6) is -0.563. The molecule has 0 amide bonds. The first-order valence-electron chi connectivity index (χ1n) is 8.03. The van der Waals surface area contributed by atoms with Gasteiger partial charge in [-0.05, 0) is 17.7 Å². The molecule has 5 heteroatoms. The van der Waals surface area contributed by atoms with Gasteiger partial charge < -0.3 is 24.2 Å². The summed E-state index contributed by atoms with van der Waals surface area (Å²) < 4.78 is 17.8. The molecule has 0 aromatic heterocycles. The summed E-state index contributed by atoms with van der Waals surface area (Å²) in [5.41, 5.74) is 2.31. The zero-order valence-corrected chi connectivity index (χ0v) is 12.6. The van der Waals surface area contributed by atoms with E-state index in [2.05, 4.69) is 4.85 Å². The van der Waals surface area contributed by atoms with Crippen LogP contribution in [-0.2, 0) is 26.2 Å². The number of aromatic hydroxyl groups is 1. The molecule has 2 fully saturated rings. The van der Waals surface area contributed by atoms with Crippen LogP contribution < -0.4 is 0 Å². The molecule has 23 heavy (non-hydrogen) atoms. The molecule has 2 aliphatic carbocycles. The summed E-state index contributed by atoms with van der Waals surface area (Å²) >= 11 is 0. The van der Waals surface area contributed by atoms with Gasteiger partial charge in [0.05, 0.1) is 19.5 Å². The second kappa shape index (κ2) is 4.28. The number of hydrogen-bond donors (Lipinski definition) is 1. The van der Waals surface area contributed by atoms with E-state index < -0.39 is 11.3 Å². The van der Waals surface area contributed by atoms with E-state index in [-0.39, 0.29) is 17.8 Å². The molecule has 1 saturated carbocycles. The molecule has 118 valence electrons. The van der Waals surface area contributed by atoms with Crippen LogP contribution in [0.25, 0.3) is 4.85 Å². The molecule has 0 radical (unpaired) electrons. The van der Waals surface area contributed by atoms with E-state index in [0.29, 0.717) is 26.1 Å². The van der Waals surface area contributed by atoms with Crippen molar-refractivity contribution in [3.8, 4) is 5.75 Å². The van der Waals surface area contributed by atoms with Crippen LogP contribution in [0.15, 0.2) is 30.0 Å². The lowest BCUT2D eigenvalue weighted by atomic mass is 9.59. The molecule has 1 aromatic rings. The highest BCUT2D eigenvalue weighted by molar-refractivity contribution is 5.50. The number of hydrogen-bond acceptors (Lipinski definition) is 4. The lowest BCUT2D eigenvalue weighted by Crippen LogP contribution is -2.53. The number of nitrogens with zero attached hydrogens (tertiary/aromatic N) is 1. The predicted octanol–water partition coefficient (Wildman–Crippen LogP) is 2.50. The highest BCUT2D eigenvalue weighted by Gasteiger charge is 2.67. The summed E-state index contributed by atoms with van der Waals surface area (Å²) in [6, 6.07) is 5.36. The van der Waals surface area contributed by atoms with Gasteiger partial charge in [-0.15, -0.1) is 0 Å². The van der Waals surface area contributed by atoms with Gasteiger partial charge >= 0.3 is 0 Å². The Morgan fingerprint density at radius 3 is 2.83 bits per heavy atom. The molecular weight excluding hydrogens is 294 g/mol. The molecule has 1 saturated heterocycles. The van der Waals surface area contributed by atoms with E-state index in [4.69, 9.17) is 20.8 Å². The molecular formula is C18H17NO4. The Balaban J connectivity index is 1.70. The molecule has 3 unspecified atom stereocenters. The second-order valence-corrected chi connectivity index (χ2v) is 6.76. The number of phenols is 1. The fourth-order valence-electron chi connectivity index (χ4n) is 4.84. The molecule has 1 aromatic carbocycles. The van der Waals surface area contributed by atoms with E-state index >= 15 is 0 Å². The van der Waals surface area contributed by atoms with E-state index in [0.717, 1.165) is 23.1 Å². The number of rotatable bonds is 0. The van der Waals surface area contributed by atoms with Crippen LogP contribution in [0.2, 0.25) is 0 Å². The van der Waals surface area contributed by atoms with E-state index in [1.807, 2.05) is 6.07 Å². The van der Waals surface area contributed by atoms with Gasteiger partial charge in [0.15, 0.2) is 5.79 Å². The lowest BCUT2D eigenvalue weighted by molar-refractivity contribution is -0.155. The average Bonchev–Trinajstić information content (AvgIpc) is 3.20. The number of benzene rings is 1. The lowest BCUT2D eigenvalue weighted by Gasteiger charge is -2.46. The standard InChI is InChI=1S/C18H17NO4/c1-19-17-4-5-18(22-6-7-23-18)14-10-21-15(16(14)17)8-11-2-3-12(20)9-13(11)17/h2-3,9-10,15-16,20H,4-8H2. The first kappa shape index (κ1) is 13.4. The smallest absolute Gasteiger partial charge is 0.268 e. The molecule has 1 spiro atoms. The highest BCUT2D eigenvalue weighted by atomic mass is 16.7. The summed E-state index contributed by atoms with van der Waals surface area (Å²) in [7, 11) is 0. The molecule has 5 rings (SSSR count). The minimum atomic E-state index is -0.706. The molecule has 2 heterocycles. The van der Waals surface area contributed by atoms with Crippen LogP contribution in [0.1, 0.15) is 24.0 Å². The van der Waals surface area contributed by atoms with Gasteiger partial charge in [-0.25, -0.2) is 6.57 Å². The van der Waals surface area contributed by atoms with Crippen molar-refractivity contribution < 1.29 is 19.3 Å². The molecule has 4 aliphatic rings. The van der Waals surface area contributed by atoms with Crippen molar-refractivity contribution in [3.63, 3.8) is 0 Å². The van der Waals surface area contributed by atoms with Crippen molar-refractivity contribution in [3.05, 3.63) is 52.6 Å².